The summed E-state index contributed by atoms with van der Waals surface area (Å²) in [6, 6.07) is 2.38. The number of nitrogens with zero attached hydrogens (tertiary/aromatic N) is 2. The number of halogens is 1. The second-order valence-corrected chi connectivity index (χ2v) is 6.58. The summed E-state index contributed by atoms with van der Waals surface area (Å²) in [4.78, 5) is -0.0370. The van der Waals surface area contributed by atoms with Crippen molar-refractivity contribution in [3.05, 3.63) is 41.5 Å². The van der Waals surface area contributed by atoms with E-state index in [4.69, 9.17) is 5.73 Å². The number of nitrogen functional groups attached to an aromatic ring is 1. The molecule has 2 aromatic rings. The molecule has 6 nitrogen and oxygen atoms in total. The second-order valence-electron chi connectivity index (χ2n) is 4.81. The van der Waals surface area contributed by atoms with E-state index in [-0.39, 0.29) is 22.7 Å². The molecule has 0 spiro atoms. The van der Waals surface area contributed by atoms with Crippen LogP contribution in [0.15, 0.2) is 29.4 Å². The van der Waals surface area contributed by atoms with E-state index in [9.17, 15) is 12.8 Å². The van der Waals surface area contributed by atoms with Gasteiger partial charge in [-0.3, -0.25) is 4.68 Å². The number of aryl methyl sites for hydroxylation is 2. The number of anilines is 1. The predicted octanol–water partition coefficient (Wildman–Crippen LogP) is 0.971. The Morgan fingerprint density at radius 2 is 2.14 bits per heavy atom. The Balaban J connectivity index is 2.08. The van der Waals surface area contributed by atoms with E-state index in [1.54, 1.807) is 17.9 Å². The SMILES string of the molecule is Cc1cc(S(=O)(=O)NCCc2cnn(C)c2)cc(N)c1F. The molecule has 0 bridgehead atoms. The maximum atomic E-state index is 13.4. The first-order chi connectivity index (χ1) is 9.79. The highest BCUT2D eigenvalue weighted by Crippen LogP contribution is 2.20. The molecule has 0 radical (unpaired) electrons. The largest absolute Gasteiger partial charge is 0.396 e. The van der Waals surface area contributed by atoms with Gasteiger partial charge in [-0.2, -0.15) is 5.10 Å². The monoisotopic (exact) mass is 312 g/mol. The summed E-state index contributed by atoms with van der Waals surface area (Å²) in [6.45, 7) is 1.70. The molecule has 0 aliphatic carbocycles. The third kappa shape index (κ3) is 3.59. The molecule has 0 aliphatic heterocycles. The number of hydrogen-bond acceptors (Lipinski definition) is 4. The zero-order valence-corrected chi connectivity index (χ0v) is 12.6. The molecule has 114 valence electrons. The molecule has 0 unspecified atom stereocenters. The number of nitrogens with one attached hydrogen (secondary N) is 1. The van der Waals surface area contributed by atoms with Crippen LogP contribution in [-0.2, 0) is 23.5 Å². The van der Waals surface area contributed by atoms with Crippen molar-refractivity contribution in [3.8, 4) is 0 Å². The van der Waals surface area contributed by atoms with Crippen LogP contribution in [0.25, 0.3) is 0 Å². The van der Waals surface area contributed by atoms with Gasteiger partial charge in [0.2, 0.25) is 10.0 Å². The fourth-order valence-electron chi connectivity index (χ4n) is 1.93. The van der Waals surface area contributed by atoms with Gasteiger partial charge < -0.3 is 5.73 Å². The topological polar surface area (TPSA) is 90.0 Å². The van der Waals surface area contributed by atoms with Crippen LogP contribution >= 0.6 is 0 Å². The highest BCUT2D eigenvalue weighted by Gasteiger charge is 2.17. The number of rotatable bonds is 5. The maximum absolute atomic E-state index is 13.4. The van der Waals surface area contributed by atoms with E-state index in [2.05, 4.69) is 9.82 Å². The van der Waals surface area contributed by atoms with Crippen LogP contribution in [0.2, 0.25) is 0 Å². The van der Waals surface area contributed by atoms with Gasteiger partial charge in [-0.25, -0.2) is 17.5 Å². The summed E-state index contributed by atoms with van der Waals surface area (Å²) in [7, 11) is -1.92. The number of aromatic nitrogens is 2. The van der Waals surface area contributed by atoms with Gasteiger partial charge in [0, 0.05) is 19.8 Å². The van der Waals surface area contributed by atoms with Crippen molar-refractivity contribution in [2.24, 2.45) is 7.05 Å². The highest BCUT2D eigenvalue weighted by molar-refractivity contribution is 7.89. The zero-order valence-electron chi connectivity index (χ0n) is 11.8. The molecule has 8 heteroatoms. The summed E-state index contributed by atoms with van der Waals surface area (Å²) in [5, 5.41) is 4.00. The summed E-state index contributed by atoms with van der Waals surface area (Å²) in [6.07, 6.45) is 4.01. The van der Waals surface area contributed by atoms with Crippen molar-refractivity contribution >= 4 is 15.7 Å². The van der Waals surface area contributed by atoms with Gasteiger partial charge in [-0.1, -0.05) is 0 Å². The van der Waals surface area contributed by atoms with E-state index >= 15 is 0 Å². The maximum Gasteiger partial charge on any atom is 0.240 e. The minimum Gasteiger partial charge on any atom is -0.396 e. The first-order valence-electron chi connectivity index (χ1n) is 6.32. The smallest absolute Gasteiger partial charge is 0.240 e. The van der Waals surface area contributed by atoms with Gasteiger partial charge in [-0.15, -0.1) is 0 Å². The average molecular weight is 312 g/mol. The van der Waals surface area contributed by atoms with Gasteiger partial charge in [0.25, 0.3) is 0 Å². The van der Waals surface area contributed by atoms with E-state index in [0.717, 1.165) is 11.6 Å². The molecule has 0 saturated heterocycles. The predicted molar refractivity (Wildman–Crippen MR) is 77.6 cm³/mol. The summed E-state index contributed by atoms with van der Waals surface area (Å²) >= 11 is 0. The van der Waals surface area contributed by atoms with E-state index in [1.165, 1.54) is 13.0 Å². The van der Waals surface area contributed by atoms with Crippen molar-refractivity contribution in [2.45, 2.75) is 18.2 Å². The Labute approximate surface area is 122 Å². The molecule has 0 saturated carbocycles. The van der Waals surface area contributed by atoms with Crippen molar-refractivity contribution < 1.29 is 12.8 Å². The van der Waals surface area contributed by atoms with Crippen molar-refractivity contribution in [1.29, 1.82) is 0 Å². The van der Waals surface area contributed by atoms with Crippen LogP contribution in [0, 0.1) is 12.7 Å². The lowest BCUT2D eigenvalue weighted by molar-refractivity contribution is 0.580. The number of benzene rings is 1. The number of sulfonamides is 1. The van der Waals surface area contributed by atoms with Gasteiger partial charge in [0.1, 0.15) is 5.82 Å². The van der Waals surface area contributed by atoms with Crippen LogP contribution in [0.5, 0.6) is 0 Å². The molecular formula is C13H17FN4O2S. The summed E-state index contributed by atoms with van der Waals surface area (Å²) < 4.78 is 41.8. The standard InChI is InChI=1S/C13H17FN4O2S/c1-9-5-11(6-12(15)13(9)14)21(19,20)17-4-3-10-7-16-18(2)8-10/h5-8,17H,3-4,15H2,1-2H3. The van der Waals surface area contributed by atoms with Crippen LogP contribution in [0.4, 0.5) is 10.1 Å². The Morgan fingerprint density at radius 3 is 2.71 bits per heavy atom. The fraction of sp³-hybridized carbons (Fsp3) is 0.308. The molecule has 3 N–H and O–H groups in total. The van der Waals surface area contributed by atoms with Gasteiger partial charge in [0.15, 0.2) is 0 Å². The molecule has 1 aromatic carbocycles. The molecule has 2 rings (SSSR count). The molecule has 0 atom stereocenters. The lowest BCUT2D eigenvalue weighted by atomic mass is 10.2. The minimum absolute atomic E-state index is 0.0370. The summed E-state index contributed by atoms with van der Waals surface area (Å²) in [5.41, 5.74) is 6.41. The molecule has 0 aliphatic rings. The lowest BCUT2D eigenvalue weighted by Crippen LogP contribution is -2.26. The fourth-order valence-corrected chi connectivity index (χ4v) is 3.08. The third-order valence-corrected chi connectivity index (χ3v) is 4.47. The molecule has 1 heterocycles. The zero-order chi connectivity index (χ0) is 15.6. The Bertz CT molecular complexity index is 732. The van der Waals surface area contributed by atoms with Crippen molar-refractivity contribution in [3.63, 3.8) is 0 Å². The Morgan fingerprint density at radius 1 is 1.43 bits per heavy atom. The number of hydrogen-bond donors (Lipinski definition) is 2. The Kier molecular flexibility index (Phi) is 4.29. The average Bonchev–Trinajstić information content (AvgIpc) is 2.81. The second kappa shape index (κ2) is 5.82. The minimum atomic E-state index is -3.71. The first kappa shape index (κ1) is 15.5. The van der Waals surface area contributed by atoms with Crippen molar-refractivity contribution in [1.82, 2.24) is 14.5 Å². The van der Waals surface area contributed by atoms with E-state index in [0.29, 0.717) is 6.42 Å². The summed E-state index contributed by atoms with van der Waals surface area (Å²) in [5.74, 6) is -0.593. The van der Waals surface area contributed by atoms with Crippen LogP contribution in [-0.4, -0.2) is 24.7 Å². The van der Waals surface area contributed by atoms with E-state index < -0.39 is 15.8 Å². The van der Waals surface area contributed by atoms with Crippen LogP contribution in [0.1, 0.15) is 11.1 Å². The van der Waals surface area contributed by atoms with Gasteiger partial charge in [0.05, 0.1) is 16.8 Å². The lowest BCUT2D eigenvalue weighted by Gasteiger charge is -2.09. The van der Waals surface area contributed by atoms with Gasteiger partial charge in [-0.05, 0) is 36.6 Å². The quantitative estimate of drug-likeness (QED) is 0.805. The third-order valence-electron chi connectivity index (χ3n) is 3.03. The Hall–Kier alpha value is -1.93. The van der Waals surface area contributed by atoms with Crippen molar-refractivity contribution in [2.75, 3.05) is 12.3 Å². The van der Waals surface area contributed by atoms with Gasteiger partial charge >= 0.3 is 0 Å². The highest BCUT2D eigenvalue weighted by atomic mass is 32.2. The first-order valence-corrected chi connectivity index (χ1v) is 7.81. The van der Waals surface area contributed by atoms with Crippen LogP contribution < -0.4 is 10.5 Å². The number of nitrogens with two attached hydrogens (primary N) is 1. The molecular weight excluding hydrogens is 295 g/mol. The van der Waals surface area contributed by atoms with E-state index in [1.807, 2.05) is 6.20 Å². The molecule has 21 heavy (non-hydrogen) atoms. The molecule has 0 amide bonds. The molecule has 1 aromatic heterocycles. The normalized spacial score (nSPS) is 11.8. The molecule has 0 fully saturated rings. The van der Waals surface area contributed by atoms with Crippen LogP contribution in [0.3, 0.4) is 0 Å².